The quantitative estimate of drug-likeness (QED) is 0.496. The van der Waals surface area contributed by atoms with E-state index in [9.17, 15) is 0 Å². The van der Waals surface area contributed by atoms with Crippen molar-refractivity contribution in [2.45, 2.75) is 91.9 Å². The summed E-state index contributed by atoms with van der Waals surface area (Å²) >= 11 is 0. The van der Waals surface area contributed by atoms with Crippen LogP contribution in [0.4, 0.5) is 0 Å². The van der Waals surface area contributed by atoms with Gasteiger partial charge in [0.2, 0.25) is 0 Å². The molecule has 4 bridgehead atoms. The van der Waals surface area contributed by atoms with Crippen molar-refractivity contribution in [3.05, 3.63) is 46.8 Å². The van der Waals surface area contributed by atoms with E-state index < -0.39 is 0 Å². The van der Waals surface area contributed by atoms with Gasteiger partial charge >= 0.3 is 0 Å². The van der Waals surface area contributed by atoms with Crippen molar-refractivity contribution < 1.29 is 0 Å². The molecule has 0 saturated heterocycles. The normalized spacial score (nSPS) is 35.1. The van der Waals surface area contributed by atoms with Gasteiger partial charge < -0.3 is 0 Å². The van der Waals surface area contributed by atoms with Gasteiger partial charge in [0, 0.05) is 23.2 Å². The van der Waals surface area contributed by atoms with Crippen LogP contribution in [0.15, 0.2) is 24.3 Å². The summed E-state index contributed by atoms with van der Waals surface area (Å²) in [7, 11) is 0. The van der Waals surface area contributed by atoms with Crippen molar-refractivity contribution in [3.63, 3.8) is 0 Å². The van der Waals surface area contributed by atoms with Gasteiger partial charge in [-0.15, -0.1) is 0 Å². The Bertz CT molecular complexity index is 1000. The van der Waals surface area contributed by atoms with Crippen molar-refractivity contribution in [2.75, 3.05) is 0 Å². The van der Waals surface area contributed by atoms with Gasteiger partial charge in [0.05, 0.1) is 11.4 Å². The van der Waals surface area contributed by atoms with Crippen LogP contribution in [0.25, 0.3) is 11.4 Å². The molecule has 32 heavy (non-hydrogen) atoms. The average Bonchev–Trinajstić information content (AvgIpc) is 2.75. The van der Waals surface area contributed by atoms with E-state index in [0.717, 1.165) is 23.2 Å². The van der Waals surface area contributed by atoms with Gasteiger partial charge in [-0.25, -0.2) is 0 Å². The third kappa shape index (κ3) is 2.48. The maximum absolute atomic E-state index is 5.35. The van der Waals surface area contributed by atoms with Gasteiger partial charge in [0.15, 0.2) is 0 Å². The predicted octanol–water partition coefficient (Wildman–Crippen LogP) is 7.91. The largest absolute Gasteiger partial charge is 0.251 e. The third-order valence-corrected chi connectivity index (χ3v) is 10.5. The van der Waals surface area contributed by atoms with Crippen molar-refractivity contribution in [1.29, 1.82) is 0 Å². The molecule has 2 aromatic rings. The summed E-state index contributed by atoms with van der Waals surface area (Å²) in [5.74, 6) is 5.26. The Hall–Kier alpha value is -1.70. The van der Waals surface area contributed by atoms with E-state index in [1.54, 1.807) is 0 Å². The van der Waals surface area contributed by atoms with Crippen LogP contribution in [0.1, 0.15) is 114 Å². The number of hydrogen-bond donors (Lipinski definition) is 0. The minimum atomic E-state index is 0.410. The maximum Gasteiger partial charge on any atom is 0.0889 e. The highest BCUT2D eigenvalue weighted by Gasteiger charge is 2.59. The fourth-order valence-electron chi connectivity index (χ4n) is 8.51. The molecule has 0 amide bonds. The van der Waals surface area contributed by atoms with E-state index in [0.29, 0.717) is 46.3 Å². The molecule has 2 aromatic heterocycles. The van der Waals surface area contributed by atoms with E-state index in [-0.39, 0.29) is 0 Å². The maximum atomic E-state index is 5.35. The molecular weight excluding hydrogens is 388 g/mol. The molecule has 2 nitrogen and oxygen atoms in total. The summed E-state index contributed by atoms with van der Waals surface area (Å²) in [4.78, 5) is 10.7. The first kappa shape index (κ1) is 20.9. The van der Waals surface area contributed by atoms with Gasteiger partial charge in [0.1, 0.15) is 0 Å². The smallest absolute Gasteiger partial charge is 0.0889 e. The molecule has 0 N–H and O–H groups in total. The SMILES string of the molecule is CC(C)C1c2nc(-c3ccc4c(n3)C(C(C)C)[C@H]3C[C@@H]4C3(C)C)ccc2[C@@H]2C[C@H]1C2(C)C. The Labute approximate surface area is 194 Å². The first-order chi connectivity index (χ1) is 15.0. The highest BCUT2D eigenvalue weighted by molar-refractivity contribution is 5.59. The second-order valence-electron chi connectivity index (χ2n) is 13.3. The van der Waals surface area contributed by atoms with Gasteiger partial charge in [-0.2, -0.15) is 0 Å². The molecule has 0 spiro atoms. The summed E-state index contributed by atoms with van der Waals surface area (Å²) in [6, 6.07) is 9.32. The Morgan fingerprint density at radius 1 is 0.656 bits per heavy atom. The van der Waals surface area contributed by atoms with E-state index in [1.807, 2.05) is 0 Å². The molecule has 6 atom stereocenters. The molecule has 2 unspecified atom stereocenters. The van der Waals surface area contributed by atoms with Gasteiger partial charge in [-0.3, -0.25) is 9.97 Å². The van der Waals surface area contributed by atoms with Gasteiger partial charge in [0.25, 0.3) is 0 Å². The van der Waals surface area contributed by atoms with Crippen LogP contribution in [0.2, 0.25) is 0 Å². The number of aromatic nitrogens is 2. The van der Waals surface area contributed by atoms with Crippen LogP contribution in [0.5, 0.6) is 0 Å². The molecule has 8 rings (SSSR count). The molecule has 2 heterocycles. The molecule has 170 valence electrons. The standard InChI is InChI=1S/C30H40N2/c1-15(2)25-21-13-19(29(21,5)6)17-9-11-23(31-27(17)25)24-12-10-18-20-14-22(30(20,7)8)26(16(3)4)28(18)32-24/h9-12,15-16,19-22,25-26H,13-14H2,1-8H3/t19-,20-,21+,22+,25?,26?/m0/s1. The summed E-state index contributed by atoms with van der Waals surface area (Å²) in [6.07, 6.45) is 2.69. The van der Waals surface area contributed by atoms with E-state index >= 15 is 0 Å². The molecule has 2 saturated carbocycles. The second-order valence-corrected chi connectivity index (χ2v) is 13.3. The Morgan fingerprint density at radius 3 is 1.34 bits per heavy atom. The molecule has 0 radical (unpaired) electrons. The van der Waals surface area contributed by atoms with Crippen LogP contribution in [-0.4, -0.2) is 9.97 Å². The van der Waals surface area contributed by atoms with Crippen molar-refractivity contribution in [3.8, 4) is 11.4 Å². The fraction of sp³-hybridized carbons (Fsp3) is 0.667. The van der Waals surface area contributed by atoms with Crippen molar-refractivity contribution in [1.82, 2.24) is 9.97 Å². The first-order valence-electron chi connectivity index (χ1n) is 13.1. The number of nitrogens with zero attached hydrogens (tertiary/aromatic N) is 2. The minimum Gasteiger partial charge on any atom is -0.251 e. The van der Waals surface area contributed by atoms with E-state index in [1.165, 1.54) is 35.4 Å². The van der Waals surface area contributed by atoms with Crippen LogP contribution in [0, 0.1) is 34.5 Å². The van der Waals surface area contributed by atoms with Crippen molar-refractivity contribution >= 4 is 0 Å². The summed E-state index contributed by atoms with van der Waals surface area (Å²) in [5.41, 5.74) is 8.77. The zero-order valence-corrected chi connectivity index (χ0v) is 21.2. The molecule has 6 aliphatic rings. The van der Waals surface area contributed by atoms with E-state index in [2.05, 4.69) is 79.7 Å². The number of pyridine rings is 2. The Morgan fingerprint density at radius 2 is 1.03 bits per heavy atom. The van der Waals surface area contributed by atoms with Crippen molar-refractivity contribution in [2.24, 2.45) is 34.5 Å². The molecule has 2 fully saturated rings. The lowest BCUT2D eigenvalue weighted by atomic mass is 9.43. The van der Waals surface area contributed by atoms with Crippen LogP contribution in [0.3, 0.4) is 0 Å². The lowest BCUT2D eigenvalue weighted by Crippen LogP contribution is -2.52. The summed E-state index contributed by atoms with van der Waals surface area (Å²) < 4.78 is 0. The zero-order valence-electron chi connectivity index (χ0n) is 21.2. The molecule has 2 heteroatoms. The third-order valence-electron chi connectivity index (χ3n) is 10.5. The van der Waals surface area contributed by atoms with Crippen LogP contribution in [-0.2, 0) is 0 Å². The molecule has 0 aliphatic heterocycles. The van der Waals surface area contributed by atoms with Gasteiger partial charge in [-0.05, 0) is 82.4 Å². The zero-order chi connectivity index (χ0) is 22.7. The number of rotatable bonds is 3. The highest BCUT2D eigenvalue weighted by atomic mass is 14.8. The highest BCUT2D eigenvalue weighted by Crippen LogP contribution is 2.68. The molecular formula is C30H40N2. The average molecular weight is 429 g/mol. The predicted molar refractivity (Wildman–Crippen MR) is 132 cm³/mol. The lowest BCUT2D eigenvalue weighted by Gasteiger charge is -2.61. The molecule has 6 aliphatic carbocycles. The van der Waals surface area contributed by atoms with Crippen LogP contribution < -0.4 is 0 Å². The monoisotopic (exact) mass is 428 g/mol. The topological polar surface area (TPSA) is 25.8 Å². The summed E-state index contributed by atoms with van der Waals surface area (Å²) in [6.45, 7) is 19.4. The second kappa shape index (κ2) is 6.45. The first-order valence-corrected chi connectivity index (χ1v) is 13.1. The molecule has 0 aromatic carbocycles. The van der Waals surface area contributed by atoms with Crippen LogP contribution >= 0.6 is 0 Å². The van der Waals surface area contributed by atoms with Gasteiger partial charge in [-0.1, -0.05) is 67.5 Å². The fourth-order valence-corrected chi connectivity index (χ4v) is 8.51. The lowest BCUT2D eigenvalue weighted by molar-refractivity contribution is -0.0200. The Balaban J connectivity index is 1.44. The number of hydrogen-bond acceptors (Lipinski definition) is 2. The summed E-state index contributed by atoms with van der Waals surface area (Å²) in [5, 5.41) is 0. The van der Waals surface area contributed by atoms with E-state index in [4.69, 9.17) is 9.97 Å². The Kier molecular flexibility index (Phi) is 4.21. The minimum absolute atomic E-state index is 0.410.